The number of nitrogens with one attached hydrogen (secondary N) is 1. The van der Waals surface area contributed by atoms with Gasteiger partial charge in [-0.05, 0) is 34.5 Å². The zero-order chi connectivity index (χ0) is 10.8. The van der Waals surface area contributed by atoms with Crippen molar-refractivity contribution in [2.75, 3.05) is 5.32 Å². The molecule has 0 aromatic carbocycles. The van der Waals surface area contributed by atoms with Crippen LogP contribution in [0.1, 0.15) is 5.56 Å². The first-order valence-corrected chi connectivity index (χ1v) is 5.34. The smallest absolute Gasteiger partial charge is 0.153 e. The third-order valence-electron chi connectivity index (χ3n) is 2.04. The molecule has 5 heteroatoms. The minimum atomic E-state index is 0.786. The maximum absolute atomic E-state index is 4.24. The summed E-state index contributed by atoms with van der Waals surface area (Å²) >= 11 is 3.48. The van der Waals surface area contributed by atoms with E-state index in [2.05, 4.69) is 31.3 Å². The molecule has 0 aliphatic heterocycles. The van der Waals surface area contributed by atoms with Crippen molar-refractivity contribution >= 4 is 27.6 Å². The molecule has 0 spiro atoms. The molecule has 0 fully saturated rings. The lowest BCUT2D eigenvalue weighted by atomic mass is 10.3. The van der Waals surface area contributed by atoms with Gasteiger partial charge in [-0.25, -0.2) is 4.98 Å². The SMILES string of the molecule is Cc1ccnc(Nc2ccn(C)n2)c1Br. The van der Waals surface area contributed by atoms with Crippen LogP contribution in [-0.2, 0) is 7.05 Å². The zero-order valence-electron chi connectivity index (χ0n) is 8.53. The number of rotatable bonds is 2. The van der Waals surface area contributed by atoms with Crippen LogP contribution in [0, 0.1) is 6.92 Å². The van der Waals surface area contributed by atoms with Crippen molar-refractivity contribution in [1.29, 1.82) is 0 Å². The molecular weight excluding hydrogens is 256 g/mol. The molecule has 1 N–H and O–H groups in total. The van der Waals surface area contributed by atoms with E-state index in [0.29, 0.717) is 0 Å². The molecule has 2 heterocycles. The molecule has 0 bridgehead atoms. The Morgan fingerprint density at radius 1 is 1.40 bits per heavy atom. The van der Waals surface area contributed by atoms with Gasteiger partial charge in [0.15, 0.2) is 5.82 Å². The van der Waals surface area contributed by atoms with Gasteiger partial charge in [-0.3, -0.25) is 4.68 Å². The summed E-state index contributed by atoms with van der Waals surface area (Å²) in [5.41, 5.74) is 1.14. The molecule has 0 saturated carbocycles. The second-order valence-electron chi connectivity index (χ2n) is 3.29. The van der Waals surface area contributed by atoms with Crippen LogP contribution in [0.4, 0.5) is 11.6 Å². The summed E-state index contributed by atoms with van der Waals surface area (Å²) in [6.45, 7) is 2.02. The summed E-state index contributed by atoms with van der Waals surface area (Å²) in [4.78, 5) is 4.24. The molecule has 4 nitrogen and oxygen atoms in total. The van der Waals surface area contributed by atoms with Crippen molar-refractivity contribution in [2.24, 2.45) is 7.05 Å². The predicted octanol–water partition coefficient (Wildman–Crippen LogP) is 2.63. The van der Waals surface area contributed by atoms with Crippen LogP contribution in [0.2, 0.25) is 0 Å². The Kier molecular flexibility index (Phi) is 2.73. The molecule has 2 aromatic heterocycles. The second kappa shape index (κ2) is 4.02. The molecule has 78 valence electrons. The molecular formula is C10H11BrN4. The van der Waals surface area contributed by atoms with Gasteiger partial charge in [-0.2, -0.15) is 5.10 Å². The Bertz CT molecular complexity index is 478. The third-order valence-corrected chi connectivity index (χ3v) is 3.04. The number of aromatic nitrogens is 3. The third kappa shape index (κ3) is 2.18. The van der Waals surface area contributed by atoms with Gasteiger partial charge in [-0.15, -0.1) is 0 Å². The summed E-state index contributed by atoms with van der Waals surface area (Å²) in [5.74, 6) is 1.57. The van der Waals surface area contributed by atoms with Crippen LogP contribution < -0.4 is 5.32 Å². The van der Waals surface area contributed by atoms with Crippen molar-refractivity contribution in [3.8, 4) is 0 Å². The van der Waals surface area contributed by atoms with Crippen LogP contribution >= 0.6 is 15.9 Å². The normalized spacial score (nSPS) is 10.3. The number of halogens is 1. The van der Waals surface area contributed by atoms with Gasteiger partial charge in [-0.1, -0.05) is 0 Å². The van der Waals surface area contributed by atoms with Gasteiger partial charge in [0.05, 0.1) is 4.47 Å². The monoisotopic (exact) mass is 266 g/mol. The van der Waals surface area contributed by atoms with Crippen LogP contribution in [0.5, 0.6) is 0 Å². The highest BCUT2D eigenvalue weighted by Crippen LogP contribution is 2.25. The molecule has 0 radical (unpaired) electrons. The van der Waals surface area contributed by atoms with E-state index in [1.165, 1.54) is 0 Å². The van der Waals surface area contributed by atoms with E-state index in [0.717, 1.165) is 21.7 Å². The predicted molar refractivity (Wildman–Crippen MR) is 63.2 cm³/mol. The molecule has 0 aliphatic carbocycles. The number of pyridine rings is 1. The average Bonchev–Trinajstić information content (AvgIpc) is 2.59. The highest BCUT2D eigenvalue weighted by atomic mass is 79.9. The van der Waals surface area contributed by atoms with Crippen LogP contribution in [0.3, 0.4) is 0 Å². The fourth-order valence-corrected chi connectivity index (χ4v) is 1.56. The van der Waals surface area contributed by atoms with Gasteiger partial charge in [0.25, 0.3) is 0 Å². The number of anilines is 2. The molecule has 0 atom stereocenters. The summed E-state index contributed by atoms with van der Waals surface area (Å²) in [6.07, 6.45) is 3.65. The number of hydrogen-bond acceptors (Lipinski definition) is 3. The standard InChI is InChI=1S/C10H11BrN4/c1-7-3-5-12-10(9(7)11)13-8-4-6-15(2)14-8/h3-6H,1-2H3,(H,12,13,14). The molecule has 2 rings (SSSR count). The highest BCUT2D eigenvalue weighted by molar-refractivity contribution is 9.10. The first kappa shape index (κ1) is 10.2. The van der Waals surface area contributed by atoms with Gasteiger partial charge in [0.1, 0.15) is 5.82 Å². The highest BCUT2D eigenvalue weighted by Gasteiger charge is 2.05. The minimum absolute atomic E-state index is 0.786. The summed E-state index contributed by atoms with van der Waals surface area (Å²) < 4.78 is 2.71. The number of nitrogens with zero attached hydrogens (tertiary/aromatic N) is 3. The molecule has 0 amide bonds. The maximum atomic E-state index is 4.24. The summed E-state index contributed by atoms with van der Waals surface area (Å²) in [7, 11) is 1.88. The summed E-state index contributed by atoms with van der Waals surface area (Å²) in [6, 6.07) is 3.85. The molecule has 15 heavy (non-hydrogen) atoms. The largest absolute Gasteiger partial charge is 0.323 e. The minimum Gasteiger partial charge on any atom is -0.323 e. The Balaban J connectivity index is 2.28. The number of aryl methyl sites for hydroxylation is 2. The van der Waals surface area contributed by atoms with E-state index in [1.54, 1.807) is 10.9 Å². The summed E-state index contributed by atoms with van der Waals surface area (Å²) in [5, 5.41) is 7.37. The first-order chi connectivity index (χ1) is 7.16. The van der Waals surface area contributed by atoms with Crippen molar-refractivity contribution in [1.82, 2.24) is 14.8 Å². The Hall–Kier alpha value is -1.36. The van der Waals surface area contributed by atoms with E-state index >= 15 is 0 Å². The molecule has 0 unspecified atom stereocenters. The van der Waals surface area contributed by atoms with Gasteiger partial charge in [0.2, 0.25) is 0 Å². The lowest BCUT2D eigenvalue weighted by Crippen LogP contribution is -1.97. The van der Waals surface area contributed by atoms with E-state index in [-0.39, 0.29) is 0 Å². The zero-order valence-corrected chi connectivity index (χ0v) is 10.1. The fourth-order valence-electron chi connectivity index (χ4n) is 1.23. The van der Waals surface area contributed by atoms with E-state index < -0.39 is 0 Å². The average molecular weight is 267 g/mol. The Labute approximate surface area is 96.5 Å². The molecule has 0 aliphatic rings. The number of hydrogen-bond donors (Lipinski definition) is 1. The van der Waals surface area contributed by atoms with Crippen molar-refractivity contribution in [3.63, 3.8) is 0 Å². The van der Waals surface area contributed by atoms with E-state index in [4.69, 9.17) is 0 Å². The van der Waals surface area contributed by atoms with Crippen LogP contribution in [0.25, 0.3) is 0 Å². The van der Waals surface area contributed by atoms with E-state index in [9.17, 15) is 0 Å². The Morgan fingerprint density at radius 3 is 2.87 bits per heavy atom. The quantitative estimate of drug-likeness (QED) is 0.909. The van der Waals surface area contributed by atoms with Crippen molar-refractivity contribution in [3.05, 3.63) is 34.6 Å². The maximum Gasteiger partial charge on any atom is 0.153 e. The molecule has 0 saturated heterocycles. The van der Waals surface area contributed by atoms with Gasteiger partial charge < -0.3 is 5.32 Å². The Morgan fingerprint density at radius 2 is 2.20 bits per heavy atom. The molecule has 2 aromatic rings. The van der Waals surface area contributed by atoms with Gasteiger partial charge in [0, 0.05) is 25.5 Å². The van der Waals surface area contributed by atoms with Crippen LogP contribution in [0.15, 0.2) is 29.0 Å². The topological polar surface area (TPSA) is 42.7 Å². The lowest BCUT2D eigenvalue weighted by Gasteiger charge is -2.06. The van der Waals surface area contributed by atoms with Crippen molar-refractivity contribution in [2.45, 2.75) is 6.92 Å². The second-order valence-corrected chi connectivity index (χ2v) is 4.08. The van der Waals surface area contributed by atoms with E-state index in [1.807, 2.05) is 32.3 Å². The fraction of sp³-hybridized carbons (Fsp3) is 0.200. The van der Waals surface area contributed by atoms with Crippen molar-refractivity contribution < 1.29 is 0 Å². The lowest BCUT2D eigenvalue weighted by molar-refractivity contribution is 0.771. The van der Waals surface area contributed by atoms with Gasteiger partial charge >= 0.3 is 0 Å². The van der Waals surface area contributed by atoms with Crippen LogP contribution in [-0.4, -0.2) is 14.8 Å². The first-order valence-electron chi connectivity index (χ1n) is 4.54.